The molecule has 0 bridgehead atoms. The number of rotatable bonds is 3. The second-order valence-electron chi connectivity index (χ2n) is 4.38. The lowest BCUT2D eigenvalue weighted by molar-refractivity contribution is 0.0264. The molecule has 0 aromatic heterocycles. The highest BCUT2D eigenvalue weighted by Crippen LogP contribution is 2.24. The summed E-state index contributed by atoms with van der Waals surface area (Å²) in [6.07, 6.45) is 0.513. The molecule has 18 heavy (non-hydrogen) atoms. The van der Waals surface area contributed by atoms with Crippen LogP contribution in [0, 0.1) is 0 Å². The molecule has 1 fully saturated rings. The van der Waals surface area contributed by atoms with Crippen molar-refractivity contribution in [3.05, 3.63) is 28.2 Å². The fourth-order valence-electron chi connectivity index (χ4n) is 1.74. The minimum Gasteiger partial charge on any atom is -0.507 e. The van der Waals surface area contributed by atoms with Crippen LogP contribution in [0.3, 0.4) is 0 Å². The van der Waals surface area contributed by atoms with E-state index in [0.29, 0.717) is 23.1 Å². The lowest BCUT2D eigenvalue weighted by Gasteiger charge is -2.20. The fraction of sp³-hybridized carbons (Fsp3) is 0.417. The summed E-state index contributed by atoms with van der Waals surface area (Å²) in [7, 11) is 0. The zero-order valence-electron chi connectivity index (χ0n) is 9.65. The third kappa shape index (κ3) is 3.01. The summed E-state index contributed by atoms with van der Waals surface area (Å²) in [6, 6.07) is 4.56. The summed E-state index contributed by atoms with van der Waals surface area (Å²) < 4.78 is 5.61. The van der Waals surface area contributed by atoms with Gasteiger partial charge in [-0.1, -0.05) is 0 Å². The standard InChI is InChI=1S/C12H14BrNO4/c13-9-2-1-8(5-10(9)15)11(16)14-6-12(17)3-4-18-7-12/h1-2,5,15,17H,3-4,6-7H2,(H,14,16). The van der Waals surface area contributed by atoms with Gasteiger partial charge in [0.15, 0.2) is 0 Å². The van der Waals surface area contributed by atoms with Crippen LogP contribution in [0.4, 0.5) is 0 Å². The van der Waals surface area contributed by atoms with E-state index in [4.69, 9.17) is 4.74 Å². The average Bonchev–Trinajstić information content (AvgIpc) is 2.77. The predicted molar refractivity (Wildman–Crippen MR) is 68.5 cm³/mol. The van der Waals surface area contributed by atoms with Crippen molar-refractivity contribution in [1.29, 1.82) is 0 Å². The number of hydrogen-bond acceptors (Lipinski definition) is 4. The molecule has 1 unspecified atom stereocenters. The molecule has 0 spiro atoms. The van der Waals surface area contributed by atoms with Crippen LogP contribution in [0.15, 0.2) is 22.7 Å². The Morgan fingerprint density at radius 3 is 2.94 bits per heavy atom. The Morgan fingerprint density at radius 1 is 1.56 bits per heavy atom. The Kier molecular flexibility index (Phi) is 3.89. The van der Waals surface area contributed by atoms with Crippen molar-refractivity contribution in [2.24, 2.45) is 0 Å². The third-order valence-corrected chi connectivity index (χ3v) is 3.54. The van der Waals surface area contributed by atoms with Crippen molar-refractivity contribution in [3.63, 3.8) is 0 Å². The van der Waals surface area contributed by atoms with Gasteiger partial charge in [-0.3, -0.25) is 4.79 Å². The Balaban J connectivity index is 1.97. The number of aromatic hydroxyl groups is 1. The van der Waals surface area contributed by atoms with Crippen LogP contribution in [0.1, 0.15) is 16.8 Å². The maximum absolute atomic E-state index is 11.8. The summed E-state index contributed by atoms with van der Waals surface area (Å²) in [4.78, 5) is 11.8. The molecule has 0 aliphatic carbocycles. The smallest absolute Gasteiger partial charge is 0.251 e. The van der Waals surface area contributed by atoms with Gasteiger partial charge in [0.25, 0.3) is 5.91 Å². The number of phenolic OH excluding ortho intramolecular Hbond substituents is 1. The van der Waals surface area contributed by atoms with Gasteiger partial charge in [-0.25, -0.2) is 0 Å². The van der Waals surface area contributed by atoms with Crippen LogP contribution in [0.25, 0.3) is 0 Å². The summed E-state index contributed by atoms with van der Waals surface area (Å²) in [6.45, 7) is 0.882. The molecule has 1 saturated heterocycles. The number of carbonyl (C=O) groups excluding carboxylic acids is 1. The third-order valence-electron chi connectivity index (χ3n) is 2.87. The molecule has 1 atom stereocenters. The van der Waals surface area contributed by atoms with Crippen molar-refractivity contribution in [2.75, 3.05) is 19.8 Å². The SMILES string of the molecule is O=C(NCC1(O)CCOC1)c1ccc(Br)c(O)c1. The van der Waals surface area contributed by atoms with Crippen LogP contribution in [0.2, 0.25) is 0 Å². The van der Waals surface area contributed by atoms with Crippen LogP contribution < -0.4 is 5.32 Å². The summed E-state index contributed by atoms with van der Waals surface area (Å²) in [5.74, 6) is -0.330. The highest BCUT2D eigenvalue weighted by molar-refractivity contribution is 9.10. The lowest BCUT2D eigenvalue weighted by Crippen LogP contribution is -2.43. The lowest BCUT2D eigenvalue weighted by atomic mass is 10.0. The number of halogens is 1. The van der Waals surface area contributed by atoms with Gasteiger partial charge in [0.05, 0.1) is 11.1 Å². The van der Waals surface area contributed by atoms with Gasteiger partial charge in [-0.05, 0) is 34.1 Å². The van der Waals surface area contributed by atoms with Crippen LogP contribution >= 0.6 is 15.9 Å². The van der Waals surface area contributed by atoms with E-state index in [2.05, 4.69) is 21.2 Å². The zero-order chi connectivity index (χ0) is 13.2. The minimum atomic E-state index is -0.979. The number of benzene rings is 1. The molecule has 1 amide bonds. The first-order valence-corrected chi connectivity index (χ1v) is 6.36. The Morgan fingerprint density at radius 2 is 2.33 bits per heavy atom. The van der Waals surface area contributed by atoms with Crippen LogP contribution in [-0.2, 0) is 4.74 Å². The van der Waals surface area contributed by atoms with Crippen LogP contribution in [0.5, 0.6) is 5.75 Å². The molecule has 3 N–H and O–H groups in total. The molecule has 1 heterocycles. The van der Waals surface area contributed by atoms with Gasteiger partial charge in [-0.15, -0.1) is 0 Å². The average molecular weight is 316 g/mol. The monoisotopic (exact) mass is 315 g/mol. The predicted octanol–water partition coefficient (Wildman–Crippen LogP) is 1.04. The van der Waals surface area contributed by atoms with E-state index in [9.17, 15) is 15.0 Å². The van der Waals surface area contributed by atoms with Gasteiger partial charge in [0.2, 0.25) is 0 Å². The molecule has 0 saturated carbocycles. The molecule has 1 aliphatic rings. The highest BCUT2D eigenvalue weighted by Gasteiger charge is 2.32. The summed E-state index contributed by atoms with van der Waals surface area (Å²) in [5.41, 5.74) is -0.634. The summed E-state index contributed by atoms with van der Waals surface area (Å²) >= 11 is 3.14. The van der Waals surface area contributed by atoms with E-state index in [-0.39, 0.29) is 24.8 Å². The number of phenols is 1. The van der Waals surface area contributed by atoms with Crippen molar-refractivity contribution in [1.82, 2.24) is 5.32 Å². The van der Waals surface area contributed by atoms with Gasteiger partial charge in [-0.2, -0.15) is 0 Å². The molecule has 1 aliphatic heterocycles. The van der Waals surface area contributed by atoms with Gasteiger partial charge in [0, 0.05) is 25.1 Å². The molecular formula is C12H14BrNO4. The van der Waals surface area contributed by atoms with E-state index >= 15 is 0 Å². The van der Waals surface area contributed by atoms with E-state index in [1.165, 1.54) is 6.07 Å². The van der Waals surface area contributed by atoms with Crippen molar-refractivity contribution in [3.8, 4) is 5.75 Å². The summed E-state index contributed by atoms with van der Waals surface area (Å²) in [5, 5.41) is 22.1. The van der Waals surface area contributed by atoms with Crippen LogP contribution in [-0.4, -0.2) is 41.5 Å². The molecule has 1 aromatic rings. The van der Waals surface area contributed by atoms with E-state index in [0.717, 1.165) is 0 Å². The van der Waals surface area contributed by atoms with Gasteiger partial charge in [0.1, 0.15) is 11.4 Å². The molecule has 2 rings (SSSR count). The number of nitrogens with one attached hydrogen (secondary N) is 1. The maximum Gasteiger partial charge on any atom is 0.251 e. The first-order chi connectivity index (χ1) is 8.50. The largest absolute Gasteiger partial charge is 0.507 e. The first-order valence-electron chi connectivity index (χ1n) is 5.57. The molecular weight excluding hydrogens is 302 g/mol. The Hall–Kier alpha value is -1.11. The number of carbonyl (C=O) groups is 1. The second kappa shape index (κ2) is 5.26. The molecule has 6 heteroatoms. The van der Waals surface area contributed by atoms with E-state index < -0.39 is 5.60 Å². The number of ether oxygens (including phenoxy) is 1. The zero-order valence-corrected chi connectivity index (χ0v) is 11.2. The molecule has 5 nitrogen and oxygen atoms in total. The Labute approximate surface area is 113 Å². The first kappa shape index (κ1) is 13.3. The number of amides is 1. The van der Waals surface area contributed by atoms with E-state index in [1.807, 2.05) is 0 Å². The van der Waals surface area contributed by atoms with Crippen molar-refractivity contribution < 1.29 is 19.7 Å². The number of hydrogen-bond donors (Lipinski definition) is 3. The van der Waals surface area contributed by atoms with Crippen molar-refractivity contribution in [2.45, 2.75) is 12.0 Å². The highest BCUT2D eigenvalue weighted by atomic mass is 79.9. The van der Waals surface area contributed by atoms with Gasteiger partial charge < -0.3 is 20.3 Å². The minimum absolute atomic E-state index is 0.00515. The quantitative estimate of drug-likeness (QED) is 0.778. The molecule has 1 aromatic carbocycles. The topological polar surface area (TPSA) is 78.8 Å². The van der Waals surface area contributed by atoms with E-state index in [1.54, 1.807) is 12.1 Å². The van der Waals surface area contributed by atoms with Gasteiger partial charge >= 0.3 is 0 Å². The second-order valence-corrected chi connectivity index (χ2v) is 5.23. The molecule has 98 valence electrons. The maximum atomic E-state index is 11.8. The normalized spacial score (nSPS) is 23.0. The Bertz CT molecular complexity index is 457. The molecule has 0 radical (unpaired) electrons. The number of aliphatic hydroxyl groups is 1. The van der Waals surface area contributed by atoms with Crippen molar-refractivity contribution >= 4 is 21.8 Å². The fourth-order valence-corrected chi connectivity index (χ4v) is 1.98.